The van der Waals surface area contributed by atoms with Crippen LogP contribution in [0.1, 0.15) is 5.76 Å². The van der Waals surface area contributed by atoms with Crippen LogP contribution in [0.5, 0.6) is 0 Å². The highest BCUT2D eigenvalue weighted by Crippen LogP contribution is 2.23. The zero-order valence-corrected chi connectivity index (χ0v) is 10.6. The monoisotopic (exact) mass is 314 g/mol. The summed E-state index contributed by atoms with van der Waals surface area (Å²) in [6, 6.07) is 5.37. The highest BCUT2D eigenvalue weighted by molar-refractivity contribution is 9.10. The Hall–Kier alpha value is -1.89. The van der Waals surface area contributed by atoms with Crippen LogP contribution in [0, 0.1) is 15.9 Å². The average molecular weight is 315 g/mol. The normalized spacial score (nSPS) is 10.3. The Morgan fingerprint density at radius 1 is 1.44 bits per heavy atom. The second kappa shape index (κ2) is 5.18. The van der Waals surface area contributed by atoms with E-state index in [4.69, 9.17) is 4.42 Å². The van der Waals surface area contributed by atoms with Crippen molar-refractivity contribution in [2.45, 2.75) is 6.54 Å². The van der Waals surface area contributed by atoms with Gasteiger partial charge in [0.2, 0.25) is 5.82 Å². The Balaban J connectivity index is 2.13. The van der Waals surface area contributed by atoms with Gasteiger partial charge in [0.1, 0.15) is 5.76 Å². The molecule has 0 aliphatic carbocycles. The third-order valence-electron chi connectivity index (χ3n) is 2.29. The van der Waals surface area contributed by atoms with Crippen LogP contribution < -0.4 is 5.32 Å². The van der Waals surface area contributed by atoms with E-state index in [1.807, 2.05) is 0 Å². The summed E-state index contributed by atoms with van der Waals surface area (Å²) >= 11 is 3.29. The lowest BCUT2D eigenvalue weighted by Crippen LogP contribution is -2.00. The van der Waals surface area contributed by atoms with Gasteiger partial charge in [0, 0.05) is 11.8 Å². The van der Waals surface area contributed by atoms with Gasteiger partial charge in [-0.15, -0.1) is 0 Å². The van der Waals surface area contributed by atoms with Gasteiger partial charge >= 0.3 is 5.69 Å². The number of nitrogens with one attached hydrogen (secondary N) is 1. The summed E-state index contributed by atoms with van der Waals surface area (Å²) in [4.78, 5) is 9.81. The Morgan fingerprint density at radius 2 is 2.22 bits per heavy atom. The molecule has 1 aromatic carbocycles. The second-order valence-corrected chi connectivity index (χ2v) is 4.32. The molecule has 94 valence electrons. The maximum Gasteiger partial charge on any atom is 0.306 e. The Bertz CT molecular complexity index is 585. The molecule has 1 N–H and O–H groups in total. The van der Waals surface area contributed by atoms with Crippen LogP contribution >= 0.6 is 15.9 Å². The van der Waals surface area contributed by atoms with Gasteiger partial charge in [-0.05, 0) is 34.1 Å². The van der Waals surface area contributed by atoms with Crippen LogP contribution in [0.25, 0.3) is 0 Å². The number of hydrogen-bond acceptors (Lipinski definition) is 4. The van der Waals surface area contributed by atoms with Crippen molar-refractivity contribution in [1.82, 2.24) is 0 Å². The first-order chi connectivity index (χ1) is 8.58. The van der Waals surface area contributed by atoms with Crippen LogP contribution in [-0.2, 0) is 6.54 Å². The zero-order valence-electron chi connectivity index (χ0n) is 9.02. The molecule has 1 aromatic heterocycles. The number of furan rings is 1. The molecule has 0 saturated carbocycles. The summed E-state index contributed by atoms with van der Waals surface area (Å²) in [5.41, 5.74) is -0.107. The molecule has 0 unspecified atom stereocenters. The Labute approximate surface area is 110 Å². The summed E-state index contributed by atoms with van der Waals surface area (Å²) in [5.74, 6) is -0.202. The minimum absolute atomic E-state index is 0.344. The third kappa shape index (κ3) is 2.67. The van der Waals surface area contributed by atoms with E-state index in [1.165, 1.54) is 12.3 Å². The Kier molecular flexibility index (Phi) is 3.61. The molecule has 0 atom stereocenters. The molecule has 1 heterocycles. The molecule has 0 bridgehead atoms. The third-order valence-corrected chi connectivity index (χ3v) is 2.99. The number of rotatable bonds is 4. The van der Waals surface area contributed by atoms with Crippen LogP contribution in [0.2, 0.25) is 0 Å². The topological polar surface area (TPSA) is 68.3 Å². The maximum absolute atomic E-state index is 13.1. The highest BCUT2D eigenvalue weighted by Gasteiger charge is 2.14. The van der Waals surface area contributed by atoms with Crippen LogP contribution in [-0.4, -0.2) is 4.92 Å². The van der Waals surface area contributed by atoms with Gasteiger partial charge in [0.05, 0.1) is 22.2 Å². The van der Waals surface area contributed by atoms with E-state index < -0.39 is 16.4 Å². The summed E-state index contributed by atoms with van der Waals surface area (Å²) in [6.45, 7) is 0.344. The molecule has 0 spiro atoms. The lowest BCUT2D eigenvalue weighted by molar-refractivity contribution is -0.387. The maximum atomic E-state index is 13.1. The van der Waals surface area contributed by atoms with E-state index in [-0.39, 0.29) is 0 Å². The van der Waals surface area contributed by atoms with E-state index in [1.54, 1.807) is 6.07 Å². The molecule has 0 radical (unpaired) electrons. The largest absolute Gasteiger partial charge is 0.466 e. The van der Waals surface area contributed by atoms with Crippen molar-refractivity contribution in [3.8, 4) is 0 Å². The smallest absolute Gasteiger partial charge is 0.306 e. The fraction of sp³-hybridized carbons (Fsp3) is 0.0909. The average Bonchev–Trinajstić information content (AvgIpc) is 2.73. The number of nitro groups is 1. The number of nitrogens with zero attached hydrogens (tertiary/aromatic N) is 1. The molecule has 2 rings (SSSR count). The van der Waals surface area contributed by atoms with E-state index in [2.05, 4.69) is 21.2 Å². The van der Waals surface area contributed by atoms with Crippen molar-refractivity contribution in [2.75, 3.05) is 5.32 Å². The van der Waals surface area contributed by atoms with Crippen molar-refractivity contribution in [2.24, 2.45) is 0 Å². The van der Waals surface area contributed by atoms with Crippen molar-refractivity contribution < 1.29 is 13.7 Å². The van der Waals surface area contributed by atoms with Gasteiger partial charge < -0.3 is 9.73 Å². The van der Waals surface area contributed by atoms with E-state index >= 15 is 0 Å². The fourth-order valence-corrected chi connectivity index (χ4v) is 1.74. The predicted octanol–water partition coefficient (Wildman–Crippen LogP) is 3.70. The molecule has 0 aliphatic rings. The van der Waals surface area contributed by atoms with Gasteiger partial charge in [-0.25, -0.2) is 0 Å². The van der Waals surface area contributed by atoms with E-state index in [0.29, 0.717) is 18.0 Å². The van der Waals surface area contributed by atoms with Gasteiger partial charge in [0.15, 0.2) is 0 Å². The molecule has 18 heavy (non-hydrogen) atoms. The number of benzene rings is 1. The minimum atomic E-state index is -0.857. The van der Waals surface area contributed by atoms with E-state index in [9.17, 15) is 14.5 Å². The first kappa shape index (κ1) is 12.6. The number of halogens is 2. The van der Waals surface area contributed by atoms with Gasteiger partial charge in [-0.1, -0.05) is 0 Å². The standard InChI is InChI=1S/C11H8BrFN2O3/c12-8-3-4-18-11(8)6-14-7-1-2-9(13)10(5-7)15(16)17/h1-5,14H,6H2. The fourth-order valence-electron chi connectivity index (χ4n) is 1.40. The van der Waals surface area contributed by atoms with Crippen molar-refractivity contribution in [3.05, 3.63) is 56.7 Å². The molecular weight excluding hydrogens is 307 g/mol. The van der Waals surface area contributed by atoms with Crippen LogP contribution in [0.3, 0.4) is 0 Å². The van der Waals surface area contributed by atoms with Gasteiger partial charge in [-0.2, -0.15) is 4.39 Å². The number of hydrogen-bond donors (Lipinski definition) is 1. The van der Waals surface area contributed by atoms with Crippen molar-refractivity contribution >= 4 is 27.3 Å². The lowest BCUT2D eigenvalue weighted by atomic mass is 10.2. The SMILES string of the molecule is O=[N+]([O-])c1cc(NCc2occc2Br)ccc1F. The predicted molar refractivity (Wildman–Crippen MR) is 66.8 cm³/mol. The summed E-state index contributed by atoms with van der Waals surface area (Å²) < 4.78 is 19.1. The molecule has 0 amide bonds. The zero-order chi connectivity index (χ0) is 13.1. The summed E-state index contributed by atoms with van der Waals surface area (Å²) in [7, 11) is 0. The molecular formula is C11H8BrFN2O3. The first-order valence-electron chi connectivity index (χ1n) is 4.97. The highest BCUT2D eigenvalue weighted by atomic mass is 79.9. The lowest BCUT2D eigenvalue weighted by Gasteiger charge is -2.05. The quantitative estimate of drug-likeness (QED) is 0.690. The molecule has 5 nitrogen and oxygen atoms in total. The minimum Gasteiger partial charge on any atom is -0.466 e. The molecule has 2 aromatic rings. The van der Waals surface area contributed by atoms with Crippen molar-refractivity contribution in [3.63, 3.8) is 0 Å². The molecule has 0 saturated heterocycles. The van der Waals surface area contributed by atoms with Crippen molar-refractivity contribution in [1.29, 1.82) is 0 Å². The molecule has 0 fully saturated rings. The second-order valence-electron chi connectivity index (χ2n) is 3.47. The van der Waals surface area contributed by atoms with E-state index in [0.717, 1.165) is 16.6 Å². The van der Waals surface area contributed by atoms with Gasteiger partial charge in [0.25, 0.3) is 0 Å². The summed E-state index contributed by atoms with van der Waals surface area (Å²) in [6.07, 6.45) is 1.52. The Morgan fingerprint density at radius 3 is 2.83 bits per heavy atom. The molecule has 7 heteroatoms. The first-order valence-corrected chi connectivity index (χ1v) is 5.77. The summed E-state index contributed by atoms with van der Waals surface area (Å²) in [5, 5.41) is 13.5. The van der Waals surface area contributed by atoms with Gasteiger partial charge in [-0.3, -0.25) is 10.1 Å². The number of anilines is 1. The molecule has 0 aliphatic heterocycles. The number of nitro benzene ring substituents is 1. The van der Waals surface area contributed by atoms with Crippen LogP contribution in [0.4, 0.5) is 15.8 Å². The van der Waals surface area contributed by atoms with Crippen LogP contribution in [0.15, 0.2) is 39.4 Å².